The van der Waals surface area contributed by atoms with Crippen LogP contribution in [0.1, 0.15) is 0 Å². The first kappa shape index (κ1) is 32.3. The predicted molar refractivity (Wildman–Crippen MR) is 234 cm³/mol. The first-order valence-electron chi connectivity index (χ1n) is 19.3. The van der Waals surface area contributed by atoms with Gasteiger partial charge in [0.05, 0.1) is 10.9 Å². The molecule has 6 heteroatoms. The summed E-state index contributed by atoms with van der Waals surface area (Å²) in [4.78, 5) is 20.6. The highest BCUT2D eigenvalue weighted by Gasteiger charge is 2.23. The first-order chi connectivity index (χ1) is 28.7. The van der Waals surface area contributed by atoms with Gasteiger partial charge in [-0.05, 0) is 85.9 Å². The highest BCUT2D eigenvalue weighted by molar-refractivity contribution is 6.27. The molecule has 12 aromatic rings. The van der Waals surface area contributed by atoms with Crippen molar-refractivity contribution in [2.75, 3.05) is 0 Å². The molecule has 12 rings (SSSR count). The molecule has 0 amide bonds. The van der Waals surface area contributed by atoms with E-state index in [2.05, 4.69) is 140 Å². The fraction of sp³-hybridized carbons (Fsp3) is 0. The van der Waals surface area contributed by atoms with Crippen molar-refractivity contribution in [2.45, 2.75) is 0 Å². The standard InChI is InChI=1S/C52H30N4O2/c1-2-12-35(13-3-1)52-53-47-44(58-52)27-26-43-46(47)45-41-17-9-8-16-39(41)30-42(48(45)57-43)51-55-49(54-50(56-51)40-25-21-32-11-5-7-15-37(32)29-40)34-22-18-33(19-23-34)38-24-20-31-10-4-6-14-36(31)28-38/h1-30H. The fourth-order valence-electron chi connectivity index (χ4n) is 8.23. The van der Waals surface area contributed by atoms with Crippen LogP contribution in [0, 0.1) is 0 Å². The van der Waals surface area contributed by atoms with E-state index in [0.717, 1.165) is 71.2 Å². The molecule has 58 heavy (non-hydrogen) atoms. The van der Waals surface area contributed by atoms with Gasteiger partial charge < -0.3 is 8.83 Å². The predicted octanol–water partition coefficient (Wildman–Crippen LogP) is 13.7. The minimum absolute atomic E-state index is 0.517. The fourth-order valence-corrected chi connectivity index (χ4v) is 8.23. The zero-order chi connectivity index (χ0) is 38.2. The zero-order valence-corrected chi connectivity index (χ0v) is 30.9. The van der Waals surface area contributed by atoms with E-state index < -0.39 is 0 Å². The number of nitrogens with zero attached hydrogens (tertiary/aromatic N) is 4. The van der Waals surface area contributed by atoms with Crippen LogP contribution in [0.3, 0.4) is 0 Å². The van der Waals surface area contributed by atoms with Gasteiger partial charge in [-0.25, -0.2) is 19.9 Å². The molecule has 0 aliphatic rings. The van der Waals surface area contributed by atoms with Gasteiger partial charge in [0.25, 0.3) is 0 Å². The highest BCUT2D eigenvalue weighted by atomic mass is 16.4. The summed E-state index contributed by atoms with van der Waals surface area (Å²) in [7, 11) is 0. The van der Waals surface area contributed by atoms with Gasteiger partial charge in [0.15, 0.2) is 23.1 Å². The maximum Gasteiger partial charge on any atom is 0.227 e. The molecule has 0 aliphatic heterocycles. The summed E-state index contributed by atoms with van der Waals surface area (Å²) < 4.78 is 13.2. The van der Waals surface area contributed by atoms with Crippen LogP contribution < -0.4 is 0 Å². The van der Waals surface area contributed by atoms with E-state index in [1.807, 2.05) is 42.5 Å². The summed E-state index contributed by atoms with van der Waals surface area (Å²) in [6.45, 7) is 0. The quantitative estimate of drug-likeness (QED) is 0.175. The summed E-state index contributed by atoms with van der Waals surface area (Å²) in [5, 5.41) is 8.60. The Morgan fingerprint density at radius 2 is 0.897 bits per heavy atom. The van der Waals surface area contributed by atoms with E-state index in [0.29, 0.717) is 40.1 Å². The molecular weight excluding hydrogens is 713 g/mol. The van der Waals surface area contributed by atoms with Crippen molar-refractivity contribution in [1.82, 2.24) is 19.9 Å². The second-order valence-electron chi connectivity index (χ2n) is 14.6. The number of fused-ring (bicyclic) bond motifs is 9. The third kappa shape index (κ3) is 5.27. The largest absolute Gasteiger partial charge is 0.455 e. The van der Waals surface area contributed by atoms with Crippen LogP contribution in [-0.2, 0) is 0 Å². The third-order valence-corrected chi connectivity index (χ3v) is 11.1. The molecule has 270 valence electrons. The van der Waals surface area contributed by atoms with Crippen LogP contribution in [0.25, 0.3) is 122 Å². The molecule has 3 heterocycles. The molecule has 0 radical (unpaired) electrons. The summed E-state index contributed by atoms with van der Waals surface area (Å²) in [6, 6.07) is 62.5. The molecule has 0 aliphatic carbocycles. The van der Waals surface area contributed by atoms with Gasteiger partial charge in [0.2, 0.25) is 5.89 Å². The van der Waals surface area contributed by atoms with Crippen molar-refractivity contribution in [3.8, 4) is 56.7 Å². The summed E-state index contributed by atoms with van der Waals surface area (Å²) in [6.07, 6.45) is 0. The molecule has 0 atom stereocenters. The first-order valence-corrected chi connectivity index (χ1v) is 19.3. The Kier molecular flexibility index (Phi) is 7.13. The second-order valence-corrected chi connectivity index (χ2v) is 14.6. The number of aromatic nitrogens is 4. The van der Waals surface area contributed by atoms with Crippen LogP contribution in [0.2, 0.25) is 0 Å². The average molecular weight is 743 g/mol. The molecule has 3 aromatic heterocycles. The molecule has 0 bridgehead atoms. The Bertz CT molecular complexity index is 3570. The Labute approximate surface area is 331 Å². The number of oxazole rings is 1. The van der Waals surface area contributed by atoms with Crippen molar-refractivity contribution in [2.24, 2.45) is 0 Å². The number of rotatable bonds is 5. The lowest BCUT2D eigenvalue weighted by Gasteiger charge is -2.11. The van der Waals surface area contributed by atoms with Crippen molar-refractivity contribution >= 4 is 65.4 Å². The maximum absolute atomic E-state index is 6.83. The van der Waals surface area contributed by atoms with E-state index in [-0.39, 0.29) is 0 Å². The van der Waals surface area contributed by atoms with Crippen molar-refractivity contribution in [3.63, 3.8) is 0 Å². The lowest BCUT2D eigenvalue weighted by molar-refractivity contribution is 0.619. The Morgan fingerprint density at radius 3 is 1.66 bits per heavy atom. The summed E-state index contributed by atoms with van der Waals surface area (Å²) in [5.41, 5.74) is 8.56. The van der Waals surface area contributed by atoms with E-state index in [4.69, 9.17) is 28.8 Å². The number of hydrogen-bond donors (Lipinski definition) is 0. The van der Waals surface area contributed by atoms with Gasteiger partial charge in [0.1, 0.15) is 16.7 Å². The summed E-state index contributed by atoms with van der Waals surface area (Å²) >= 11 is 0. The van der Waals surface area contributed by atoms with Crippen LogP contribution in [-0.4, -0.2) is 19.9 Å². The maximum atomic E-state index is 6.83. The average Bonchev–Trinajstić information content (AvgIpc) is 3.91. The highest BCUT2D eigenvalue weighted by Crippen LogP contribution is 2.44. The van der Waals surface area contributed by atoms with Gasteiger partial charge in [-0.15, -0.1) is 0 Å². The topological polar surface area (TPSA) is 77.8 Å². The molecule has 0 unspecified atom stereocenters. The van der Waals surface area contributed by atoms with Crippen molar-refractivity contribution in [3.05, 3.63) is 182 Å². The van der Waals surface area contributed by atoms with Crippen molar-refractivity contribution in [1.29, 1.82) is 0 Å². The van der Waals surface area contributed by atoms with Gasteiger partial charge in [-0.3, -0.25) is 0 Å². The minimum Gasteiger partial charge on any atom is -0.455 e. The Hall–Kier alpha value is -7.96. The van der Waals surface area contributed by atoms with Crippen LogP contribution >= 0.6 is 0 Å². The molecule has 0 N–H and O–H groups in total. The molecule has 0 saturated heterocycles. The van der Waals surface area contributed by atoms with E-state index in [9.17, 15) is 0 Å². The molecule has 6 nitrogen and oxygen atoms in total. The van der Waals surface area contributed by atoms with E-state index in [1.165, 1.54) is 10.8 Å². The van der Waals surface area contributed by atoms with Crippen molar-refractivity contribution < 1.29 is 8.83 Å². The van der Waals surface area contributed by atoms with Crippen LogP contribution in [0.15, 0.2) is 191 Å². The normalized spacial score (nSPS) is 11.8. The molecule has 0 spiro atoms. The summed E-state index contributed by atoms with van der Waals surface area (Å²) in [5.74, 6) is 2.23. The lowest BCUT2D eigenvalue weighted by Crippen LogP contribution is -2.00. The molecular formula is C52H30N4O2. The van der Waals surface area contributed by atoms with Crippen LogP contribution in [0.5, 0.6) is 0 Å². The van der Waals surface area contributed by atoms with Gasteiger partial charge in [0, 0.05) is 22.1 Å². The number of benzene rings is 9. The smallest absolute Gasteiger partial charge is 0.227 e. The second kappa shape index (κ2) is 12.8. The third-order valence-electron chi connectivity index (χ3n) is 11.1. The zero-order valence-electron chi connectivity index (χ0n) is 30.9. The SMILES string of the molecule is c1ccc(-c2nc3c(ccc4oc5c(-c6nc(-c7ccc(-c8ccc9ccccc9c8)cc7)nc(-c7ccc8ccccc8c7)n6)cc6ccccc6c5c43)o2)cc1. The number of hydrogen-bond acceptors (Lipinski definition) is 6. The number of furan rings is 1. The lowest BCUT2D eigenvalue weighted by atomic mass is 9.99. The van der Waals surface area contributed by atoms with Gasteiger partial charge >= 0.3 is 0 Å². The van der Waals surface area contributed by atoms with E-state index in [1.54, 1.807) is 0 Å². The molecule has 9 aromatic carbocycles. The monoisotopic (exact) mass is 742 g/mol. The minimum atomic E-state index is 0.517. The van der Waals surface area contributed by atoms with Gasteiger partial charge in [-0.1, -0.05) is 140 Å². The van der Waals surface area contributed by atoms with E-state index >= 15 is 0 Å². The molecule has 0 fully saturated rings. The Balaban J connectivity index is 1.08. The molecule has 0 saturated carbocycles. The van der Waals surface area contributed by atoms with Gasteiger partial charge in [-0.2, -0.15) is 0 Å². The Morgan fingerprint density at radius 1 is 0.328 bits per heavy atom. The van der Waals surface area contributed by atoms with Crippen LogP contribution in [0.4, 0.5) is 0 Å².